The quantitative estimate of drug-likeness (QED) is 0.871. The summed E-state index contributed by atoms with van der Waals surface area (Å²) < 4.78 is 0.889. The number of halogens is 2. The van der Waals surface area contributed by atoms with Crippen molar-refractivity contribution in [2.75, 3.05) is 0 Å². The van der Waals surface area contributed by atoms with E-state index in [0.29, 0.717) is 11.1 Å². The fraction of sp³-hybridized carbons (Fsp3) is 0.500. The third kappa shape index (κ3) is 4.20. The molecular weight excluding hydrogens is 330 g/mol. The van der Waals surface area contributed by atoms with Gasteiger partial charge in [0.1, 0.15) is 0 Å². The number of carbonyl (C=O) groups is 1. The van der Waals surface area contributed by atoms with Gasteiger partial charge in [0.05, 0.1) is 10.9 Å². The molecule has 0 saturated heterocycles. The fourth-order valence-corrected chi connectivity index (χ4v) is 3.06. The monoisotopic (exact) mass is 345 g/mol. The first kappa shape index (κ1) is 14.8. The maximum Gasteiger partial charge on any atom is 0.306 e. The molecule has 1 aromatic carbocycles. The Labute approximate surface area is 126 Å². The lowest BCUT2D eigenvalue weighted by atomic mass is 9.86. The van der Waals surface area contributed by atoms with Crippen LogP contribution in [0.1, 0.15) is 31.2 Å². The lowest BCUT2D eigenvalue weighted by molar-refractivity contribution is -0.143. The van der Waals surface area contributed by atoms with Crippen LogP contribution in [0.25, 0.3) is 0 Å². The van der Waals surface area contributed by atoms with Crippen molar-refractivity contribution in [2.24, 2.45) is 5.92 Å². The molecule has 0 amide bonds. The van der Waals surface area contributed by atoms with Gasteiger partial charge in [0.25, 0.3) is 0 Å². The predicted molar refractivity (Wildman–Crippen MR) is 79.4 cm³/mol. The van der Waals surface area contributed by atoms with Crippen LogP contribution in [0.3, 0.4) is 0 Å². The topological polar surface area (TPSA) is 49.3 Å². The first-order chi connectivity index (χ1) is 9.06. The molecule has 0 spiro atoms. The summed E-state index contributed by atoms with van der Waals surface area (Å²) in [6, 6.07) is 6.14. The van der Waals surface area contributed by atoms with Crippen LogP contribution in [0, 0.1) is 5.92 Å². The minimum atomic E-state index is -0.666. The van der Waals surface area contributed by atoms with E-state index in [1.54, 1.807) is 0 Å². The molecule has 1 aliphatic carbocycles. The van der Waals surface area contributed by atoms with E-state index in [1.807, 2.05) is 18.2 Å². The molecule has 0 bridgehead atoms. The van der Waals surface area contributed by atoms with Crippen LogP contribution in [0.2, 0.25) is 5.02 Å². The smallest absolute Gasteiger partial charge is 0.306 e. The van der Waals surface area contributed by atoms with Crippen molar-refractivity contribution in [1.82, 2.24) is 5.32 Å². The summed E-state index contributed by atoms with van der Waals surface area (Å²) in [5.41, 5.74) is 1.15. The SMILES string of the molecule is O=C(O)C1CCCC(NCc2ccc(Cl)c(Br)c2)C1. The summed E-state index contributed by atoms with van der Waals surface area (Å²) in [6.07, 6.45) is 3.57. The van der Waals surface area contributed by atoms with Crippen LogP contribution in [-0.2, 0) is 11.3 Å². The summed E-state index contributed by atoms with van der Waals surface area (Å²) in [5.74, 6) is -0.857. The Kier molecular flexibility index (Phi) is 5.25. The van der Waals surface area contributed by atoms with Gasteiger partial charge in [0.2, 0.25) is 0 Å². The van der Waals surface area contributed by atoms with Gasteiger partial charge in [-0.25, -0.2) is 0 Å². The second-order valence-electron chi connectivity index (χ2n) is 5.03. The molecule has 3 nitrogen and oxygen atoms in total. The van der Waals surface area contributed by atoms with Gasteiger partial charge in [0.15, 0.2) is 0 Å². The molecular formula is C14H17BrClNO2. The summed E-state index contributed by atoms with van der Waals surface area (Å²) >= 11 is 9.35. The number of hydrogen-bond acceptors (Lipinski definition) is 2. The van der Waals surface area contributed by atoms with Crippen molar-refractivity contribution in [3.8, 4) is 0 Å². The van der Waals surface area contributed by atoms with Crippen LogP contribution in [0.4, 0.5) is 0 Å². The second kappa shape index (κ2) is 6.73. The van der Waals surface area contributed by atoms with Crippen LogP contribution < -0.4 is 5.32 Å². The molecule has 1 saturated carbocycles. The normalized spacial score (nSPS) is 23.3. The summed E-state index contributed by atoms with van der Waals surface area (Å²) in [7, 11) is 0. The van der Waals surface area contributed by atoms with Crippen molar-refractivity contribution in [1.29, 1.82) is 0 Å². The molecule has 5 heteroatoms. The Hall–Kier alpha value is -0.580. The third-order valence-corrected chi connectivity index (χ3v) is 4.82. The van der Waals surface area contributed by atoms with Gasteiger partial charge < -0.3 is 10.4 Å². The number of carboxylic acid groups (broad SMARTS) is 1. The second-order valence-corrected chi connectivity index (χ2v) is 6.29. The lowest BCUT2D eigenvalue weighted by Gasteiger charge is -2.27. The number of rotatable bonds is 4. The van der Waals surface area contributed by atoms with Gasteiger partial charge in [-0.3, -0.25) is 4.79 Å². The largest absolute Gasteiger partial charge is 0.481 e. The average molecular weight is 347 g/mol. The van der Waals surface area contributed by atoms with Crippen LogP contribution in [-0.4, -0.2) is 17.1 Å². The first-order valence-electron chi connectivity index (χ1n) is 6.46. The molecule has 1 aromatic rings. The number of benzene rings is 1. The van der Waals surface area contributed by atoms with E-state index in [4.69, 9.17) is 16.7 Å². The maximum atomic E-state index is 11.0. The fourth-order valence-electron chi connectivity index (χ4n) is 2.51. The lowest BCUT2D eigenvalue weighted by Crippen LogP contribution is -2.36. The van der Waals surface area contributed by atoms with Gasteiger partial charge in [-0.05, 0) is 52.9 Å². The Morgan fingerprint density at radius 1 is 1.47 bits per heavy atom. The number of aliphatic carboxylic acids is 1. The number of carboxylic acids is 1. The van der Waals surface area contributed by atoms with E-state index in [0.717, 1.165) is 42.3 Å². The third-order valence-electron chi connectivity index (χ3n) is 3.60. The predicted octanol–water partition coefficient (Wildman–Crippen LogP) is 3.84. The van der Waals surface area contributed by atoms with Crippen molar-refractivity contribution < 1.29 is 9.90 Å². The van der Waals surface area contributed by atoms with Gasteiger partial charge >= 0.3 is 5.97 Å². The molecule has 2 N–H and O–H groups in total. The molecule has 19 heavy (non-hydrogen) atoms. The molecule has 2 atom stereocenters. The summed E-state index contributed by atoms with van der Waals surface area (Å²) in [5, 5.41) is 13.2. The van der Waals surface area contributed by atoms with E-state index in [9.17, 15) is 4.79 Å². The molecule has 1 fully saturated rings. The Morgan fingerprint density at radius 3 is 2.95 bits per heavy atom. The molecule has 0 radical (unpaired) electrons. The van der Waals surface area contributed by atoms with E-state index < -0.39 is 5.97 Å². The molecule has 0 heterocycles. The van der Waals surface area contributed by atoms with Crippen molar-refractivity contribution >= 4 is 33.5 Å². The highest BCUT2D eigenvalue weighted by atomic mass is 79.9. The van der Waals surface area contributed by atoms with Gasteiger partial charge in [-0.1, -0.05) is 24.1 Å². The average Bonchev–Trinajstić information content (AvgIpc) is 2.40. The molecule has 2 rings (SSSR count). The summed E-state index contributed by atoms with van der Waals surface area (Å²) in [4.78, 5) is 11.0. The first-order valence-corrected chi connectivity index (χ1v) is 7.63. The molecule has 0 aliphatic heterocycles. The van der Waals surface area contributed by atoms with Crippen LogP contribution in [0.5, 0.6) is 0 Å². The van der Waals surface area contributed by atoms with Crippen molar-refractivity contribution in [3.63, 3.8) is 0 Å². The van der Waals surface area contributed by atoms with E-state index in [2.05, 4.69) is 21.2 Å². The zero-order valence-corrected chi connectivity index (χ0v) is 12.9. The molecule has 2 unspecified atom stereocenters. The Morgan fingerprint density at radius 2 is 2.26 bits per heavy atom. The molecule has 1 aliphatic rings. The number of nitrogens with one attached hydrogen (secondary N) is 1. The van der Waals surface area contributed by atoms with E-state index >= 15 is 0 Å². The molecule has 104 valence electrons. The highest BCUT2D eigenvalue weighted by Gasteiger charge is 2.26. The highest BCUT2D eigenvalue weighted by Crippen LogP contribution is 2.26. The summed E-state index contributed by atoms with van der Waals surface area (Å²) in [6.45, 7) is 0.743. The van der Waals surface area contributed by atoms with Crippen molar-refractivity contribution in [2.45, 2.75) is 38.3 Å². The van der Waals surface area contributed by atoms with Gasteiger partial charge in [-0.15, -0.1) is 0 Å². The zero-order chi connectivity index (χ0) is 13.8. The van der Waals surface area contributed by atoms with Gasteiger partial charge in [-0.2, -0.15) is 0 Å². The zero-order valence-electron chi connectivity index (χ0n) is 10.5. The van der Waals surface area contributed by atoms with Gasteiger partial charge in [0, 0.05) is 17.1 Å². The Balaban J connectivity index is 1.87. The van der Waals surface area contributed by atoms with E-state index in [-0.39, 0.29) is 5.92 Å². The van der Waals surface area contributed by atoms with Crippen molar-refractivity contribution in [3.05, 3.63) is 33.3 Å². The Bertz CT molecular complexity index is 467. The van der Waals surface area contributed by atoms with Crippen LogP contribution >= 0.6 is 27.5 Å². The molecule has 0 aromatic heterocycles. The minimum Gasteiger partial charge on any atom is -0.481 e. The number of hydrogen-bond donors (Lipinski definition) is 2. The maximum absolute atomic E-state index is 11.0. The van der Waals surface area contributed by atoms with E-state index in [1.165, 1.54) is 0 Å². The standard InChI is InChI=1S/C14H17BrClNO2/c15-12-6-9(4-5-13(12)16)8-17-11-3-1-2-10(7-11)14(18)19/h4-6,10-11,17H,1-3,7-8H2,(H,18,19). The minimum absolute atomic E-state index is 0.191. The van der Waals surface area contributed by atoms with Crippen LogP contribution in [0.15, 0.2) is 22.7 Å². The highest BCUT2D eigenvalue weighted by molar-refractivity contribution is 9.10.